The fourth-order valence-corrected chi connectivity index (χ4v) is 3.48. The average Bonchev–Trinajstić information content (AvgIpc) is 3.16. The minimum absolute atomic E-state index is 0.469. The van der Waals surface area contributed by atoms with Gasteiger partial charge in [-0.1, -0.05) is 29.4 Å². The number of nitrogens with zero attached hydrogens (tertiary/aromatic N) is 5. The van der Waals surface area contributed by atoms with Gasteiger partial charge in [0.1, 0.15) is 12.0 Å². The number of fused-ring (bicyclic) bond motifs is 1. The van der Waals surface area contributed by atoms with E-state index in [9.17, 15) is 9.90 Å². The van der Waals surface area contributed by atoms with Gasteiger partial charge in [0.05, 0.1) is 11.6 Å². The SMILES string of the molecule is CNc1cnoc1-c1ncc(-c2ccc(C3(C(=O)O)CC3)cc2)c2ncnn12. The van der Waals surface area contributed by atoms with Gasteiger partial charge in [0.15, 0.2) is 5.65 Å². The van der Waals surface area contributed by atoms with Crippen molar-refractivity contribution in [1.29, 1.82) is 0 Å². The molecule has 0 saturated heterocycles. The van der Waals surface area contributed by atoms with Crippen LogP contribution < -0.4 is 5.32 Å². The van der Waals surface area contributed by atoms with Crippen LogP contribution in [0.2, 0.25) is 0 Å². The summed E-state index contributed by atoms with van der Waals surface area (Å²) >= 11 is 0. The number of anilines is 1. The van der Waals surface area contributed by atoms with Crippen molar-refractivity contribution in [2.75, 3.05) is 12.4 Å². The van der Waals surface area contributed by atoms with Crippen molar-refractivity contribution in [3.8, 4) is 22.7 Å². The Balaban J connectivity index is 1.59. The lowest BCUT2D eigenvalue weighted by atomic mass is 9.94. The molecule has 0 bridgehead atoms. The topological polar surface area (TPSA) is 118 Å². The third-order valence-corrected chi connectivity index (χ3v) is 5.26. The highest BCUT2D eigenvalue weighted by atomic mass is 16.5. The number of carboxylic acids is 1. The predicted molar refractivity (Wildman–Crippen MR) is 99.8 cm³/mol. The van der Waals surface area contributed by atoms with Gasteiger partial charge in [-0.25, -0.2) is 9.97 Å². The number of nitrogens with one attached hydrogen (secondary N) is 1. The maximum Gasteiger partial charge on any atom is 0.314 e. The molecule has 3 aromatic heterocycles. The molecule has 9 heteroatoms. The fourth-order valence-electron chi connectivity index (χ4n) is 3.48. The van der Waals surface area contributed by atoms with Gasteiger partial charge >= 0.3 is 5.97 Å². The second kappa shape index (κ2) is 5.88. The van der Waals surface area contributed by atoms with Crippen LogP contribution in [0.1, 0.15) is 18.4 Å². The largest absolute Gasteiger partial charge is 0.481 e. The summed E-state index contributed by atoms with van der Waals surface area (Å²) in [5.41, 5.74) is 3.10. The molecule has 28 heavy (non-hydrogen) atoms. The molecule has 4 aromatic rings. The summed E-state index contributed by atoms with van der Waals surface area (Å²) in [6.07, 6.45) is 6.09. The Hall–Kier alpha value is -3.75. The van der Waals surface area contributed by atoms with Gasteiger partial charge in [-0.05, 0) is 24.0 Å². The Labute approximate surface area is 159 Å². The standard InChI is InChI=1S/C19H16N6O3/c1-20-14-9-24-28-15(14)17-21-8-13(16-22-10-23-25(16)17)11-2-4-12(5-3-11)19(6-7-19)18(26)27/h2-5,8-10,20H,6-7H2,1H3,(H,26,27). The monoisotopic (exact) mass is 376 g/mol. The minimum Gasteiger partial charge on any atom is -0.481 e. The number of hydrogen-bond donors (Lipinski definition) is 2. The number of hydrogen-bond acceptors (Lipinski definition) is 7. The molecule has 0 unspecified atom stereocenters. The quantitative estimate of drug-likeness (QED) is 0.546. The van der Waals surface area contributed by atoms with E-state index in [0.29, 0.717) is 35.8 Å². The number of rotatable bonds is 5. The molecule has 140 valence electrons. The first kappa shape index (κ1) is 16.4. The smallest absolute Gasteiger partial charge is 0.314 e. The van der Waals surface area contributed by atoms with E-state index in [1.165, 1.54) is 6.33 Å². The van der Waals surface area contributed by atoms with Crippen LogP contribution in [-0.4, -0.2) is 42.9 Å². The van der Waals surface area contributed by atoms with Gasteiger partial charge in [-0.15, -0.1) is 0 Å². The van der Waals surface area contributed by atoms with Gasteiger partial charge < -0.3 is 14.9 Å². The zero-order chi connectivity index (χ0) is 19.3. The molecular formula is C19H16N6O3. The molecular weight excluding hydrogens is 360 g/mol. The molecule has 2 N–H and O–H groups in total. The highest BCUT2D eigenvalue weighted by Gasteiger charge is 2.51. The third-order valence-electron chi connectivity index (χ3n) is 5.26. The van der Waals surface area contributed by atoms with Crippen molar-refractivity contribution in [3.05, 3.63) is 48.5 Å². The zero-order valence-corrected chi connectivity index (χ0v) is 15.0. The Bertz CT molecular complexity index is 1190. The molecule has 1 aliphatic rings. The van der Waals surface area contributed by atoms with E-state index >= 15 is 0 Å². The van der Waals surface area contributed by atoms with E-state index < -0.39 is 11.4 Å². The molecule has 0 amide bonds. The number of carboxylic acid groups (broad SMARTS) is 1. The van der Waals surface area contributed by atoms with E-state index in [1.807, 2.05) is 24.3 Å². The van der Waals surface area contributed by atoms with Gasteiger partial charge in [0, 0.05) is 18.8 Å². The normalized spacial score (nSPS) is 14.9. The number of aliphatic carboxylic acids is 1. The lowest BCUT2D eigenvalue weighted by molar-refractivity contribution is -0.140. The van der Waals surface area contributed by atoms with Crippen molar-refractivity contribution in [2.24, 2.45) is 0 Å². The molecule has 0 spiro atoms. The molecule has 1 saturated carbocycles. The molecule has 1 aliphatic carbocycles. The van der Waals surface area contributed by atoms with Crippen LogP contribution in [0.15, 0.2) is 47.5 Å². The molecule has 0 atom stereocenters. The number of carbonyl (C=O) groups is 1. The summed E-state index contributed by atoms with van der Waals surface area (Å²) < 4.78 is 6.93. The third kappa shape index (κ3) is 2.29. The van der Waals surface area contributed by atoms with E-state index in [2.05, 4.69) is 25.5 Å². The van der Waals surface area contributed by atoms with E-state index in [0.717, 1.165) is 16.7 Å². The Morgan fingerprint density at radius 1 is 1.21 bits per heavy atom. The fraction of sp³-hybridized carbons (Fsp3) is 0.211. The Morgan fingerprint density at radius 2 is 2.00 bits per heavy atom. The molecule has 5 rings (SSSR count). The molecule has 0 aliphatic heterocycles. The van der Waals surface area contributed by atoms with Gasteiger partial charge in [0.25, 0.3) is 0 Å². The van der Waals surface area contributed by atoms with Gasteiger partial charge in [-0.3, -0.25) is 4.79 Å². The Morgan fingerprint density at radius 3 is 2.68 bits per heavy atom. The van der Waals surface area contributed by atoms with Gasteiger partial charge in [0.2, 0.25) is 11.6 Å². The molecule has 1 fully saturated rings. The highest BCUT2D eigenvalue weighted by molar-refractivity contribution is 5.86. The Kier molecular flexibility index (Phi) is 3.45. The van der Waals surface area contributed by atoms with Crippen molar-refractivity contribution in [3.63, 3.8) is 0 Å². The molecule has 1 aromatic carbocycles. The van der Waals surface area contributed by atoms with Crippen molar-refractivity contribution < 1.29 is 14.4 Å². The zero-order valence-electron chi connectivity index (χ0n) is 15.0. The van der Waals surface area contributed by atoms with Crippen LogP contribution in [0, 0.1) is 0 Å². The van der Waals surface area contributed by atoms with Gasteiger partial charge in [-0.2, -0.15) is 9.61 Å². The first-order chi connectivity index (χ1) is 13.6. The van der Waals surface area contributed by atoms with Crippen LogP contribution in [0.4, 0.5) is 5.69 Å². The maximum atomic E-state index is 11.5. The van der Waals surface area contributed by atoms with Crippen LogP contribution in [-0.2, 0) is 10.2 Å². The van der Waals surface area contributed by atoms with Crippen LogP contribution >= 0.6 is 0 Å². The summed E-state index contributed by atoms with van der Waals surface area (Å²) in [6.45, 7) is 0. The minimum atomic E-state index is -0.765. The van der Waals surface area contributed by atoms with E-state index in [1.54, 1.807) is 24.0 Å². The summed E-state index contributed by atoms with van der Waals surface area (Å²) in [4.78, 5) is 20.4. The van der Waals surface area contributed by atoms with Crippen LogP contribution in [0.5, 0.6) is 0 Å². The predicted octanol–water partition coefficient (Wildman–Crippen LogP) is 2.60. The lowest BCUT2D eigenvalue weighted by Gasteiger charge is -2.11. The summed E-state index contributed by atoms with van der Waals surface area (Å²) in [5, 5.41) is 20.6. The van der Waals surface area contributed by atoms with E-state index in [4.69, 9.17) is 4.52 Å². The molecule has 0 radical (unpaired) electrons. The molecule has 9 nitrogen and oxygen atoms in total. The van der Waals surface area contributed by atoms with E-state index in [-0.39, 0.29) is 0 Å². The summed E-state index contributed by atoms with van der Waals surface area (Å²) in [5.74, 6) is 0.188. The number of benzene rings is 1. The second-order valence-electron chi connectivity index (χ2n) is 6.77. The maximum absolute atomic E-state index is 11.5. The molecule has 3 heterocycles. The second-order valence-corrected chi connectivity index (χ2v) is 6.77. The van der Waals surface area contributed by atoms with Crippen LogP contribution in [0.25, 0.3) is 28.4 Å². The highest BCUT2D eigenvalue weighted by Crippen LogP contribution is 2.48. The van der Waals surface area contributed by atoms with Crippen LogP contribution in [0.3, 0.4) is 0 Å². The average molecular weight is 376 g/mol. The van der Waals surface area contributed by atoms with Crippen molar-refractivity contribution in [1.82, 2.24) is 24.7 Å². The van der Waals surface area contributed by atoms with Crippen molar-refractivity contribution in [2.45, 2.75) is 18.3 Å². The lowest BCUT2D eigenvalue weighted by Crippen LogP contribution is -2.19. The summed E-state index contributed by atoms with van der Waals surface area (Å²) in [7, 11) is 1.77. The number of aromatic nitrogens is 5. The van der Waals surface area contributed by atoms with Crippen molar-refractivity contribution >= 4 is 17.3 Å². The summed E-state index contributed by atoms with van der Waals surface area (Å²) in [6, 6.07) is 7.54. The first-order valence-corrected chi connectivity index (χ1v) is 8.80. The first-order valence-electron chi connectivity index (χ1n) is 8.80.